The quantitative estimate of drug-likeness (QED) is 0.881. The predicted molar refractivity (Wildman–Crippen MR) is 94.9 cm³/mol. The first kappa shape index (κ1) is 18.1. The summed E-state index contributed by atoms with van der Waals surface area (Å²) in [6.07, 6.45) is -0.608. The molecule has 1 saturated heterocycles. The summed E-state index contributed by atoms with van der Waals surface area (Å²) in [5.41, 5.74) is 2.24. The van der Waals surface area contributed by atoms with E-state index in [-0.39, 0.29) is 24.4 Å². The average molecular weight is 356 g/mol. The molecular weight excluding hydrogens is 335 g/mol. The van der Waals surface area contributed by atoms with E-state index in [1.165, 1.54) is 23.1 Å². The van der Waals surface area contributed by atoms with E-state index in [4.69, 9.17) is 0 Å². The maximum absolute atomic E-state index is 13.4. The number of aliphatic hydroxyl groups excluding tert-OH is 1. The van der Waals surface area contributed by atoms with E-state index in [0.29, 0.717) is 6.54 Å². The number of nitrogens with zero attached hydrogens (tertiary/aromatic N) is 1. The predicted octanol–water partition coefficient (Wildman–Crippen LogP) is 2.03. The lowest BCUT2D eigenvalue weighted by molar-refractivity contribution is -0.125. The number of β-amino-alcohol motifs (C(OH)–C–C–N with tert-alkyl or cyclic N) is 1. The lowest BCUT2D eigenvalue weighted by atomic mass is 10.1. The molecule has 0 aliphatic carbocycles. The van der Waals surface area contributed by atoms with Gasteiger partial charge >= 0.3 is 0 Å². The number of amides is 2. The summed E-state index contributed by atoms with van der Waals surface area (Å²) in [6, 6.07) is 12.3. The van der Waals surface area contributed by atoms with Crippen LogP contribution in [-0.2, 0) is 11.3 Å². The third-order valence-electron chi connectivity index (χ3n) is 4.50. The molecule has 0 radical (unpaired) electrons. The average Bonchev–Trinajstić information content (AvgIpc) is 3.02. The summed E-state index contributed by atoms with van der Waals surface area (Å²) in [7, 11) is 0. The third-order valence-corrected chi connectivity index (χ3v) is 4.50. The van der Waals surface area contributed by atoms with Crippen LogP contribution in [0.15, 0.2) is 48.5 Å². The highest BCUT2D eigenvalue weighted by molar-refractivity contribution is 5.98. The summed E-state index contributed by atoms with van der Waals surface area (Å²) in [4.78, 5) is 26.5. The van der Waals surface area contributed by atoms with Crippen molar-refractivity contribution in [3.8, 4) is 0 Å². The number of benzene rings is 2. The van der Waals surface area contributed by atoms with E-state index in [1.54, 1.807) is 0 Å². The summed E-state index contributed by atoms with van der Waals surface area (Å²) in [5.74, 6) is -1.31. The van der Waals surface area contributed by atoms with Crippen LogP contribution in [0.3, 0.4) is 0 Å². The summed E-state index contributed by atoms with van der Waals surface area (Å²) >= 11 is 0. The zero-order chi connectivity index (χ0) is 18.7. The minimum absolute atomic E-state index is 0.0535. The zero-order valence-corrected chi connectivity index (χ0v) is 14.5. The standard InChI is InChI=1S/C20H21FN2O3/c1-13-5-7-14(8-6-13)11-22-19(25)18-10-17(24)12-23(18)20(26)15-3-2-4-16(21)9-15/h2-9,17-18,24H,10-12H2,1H3,(H,22,25)/t17-,18+/m1/s1. The van der Waals surface area contributed by atoms with Crippen LogP contribution in [0.2, 0.25) is 0 Å². The Hall–Kier alpha value is -2.73. The Kier molecular flexibility index (Phi) is 5.32. The van der Waals surface area contributed by atoms with E-state index in [9.17, 15) is 19.1 Å². The van der Waals surface area contributed by atoms with Gasteiger partial charge in [-0.2, -0.15) is 0 Å². The van der Waals surface area contributed by atoms with Crippen molar-refractivity contribution < 1.29 is 19.1 Å². The molecule has 0 unspecified atom stereocenters. The number of halogens is 1. The second-order valence-corrected chi connectivity index (χ2v) is 6.58. The number of hydrogen-bond donors (Lipinski definition) is 2. The smallest absolute Gasteiger partial charge is 0.254 e. The maximum atomic E-state index is 13.4. The first-order valence-electron chi connectivity index (χ1n) is 8.52. The van der Waals surface area contributed by atoms with Gasteiger partial charge in [0.2, 0.25) is 5.91 Å². The molecule has 2 amide bonds. The van der Waals surface area contributed by atoms with Gasteiger partial charge in [-0.05, 0) is 30.7 Å². The van der Waals surface area contributed by atoms with Crippen molar-refractivity contribution in [3.63, 3.8) is 0 Å². The number of aliphatic hydroxyl groups is 1. The minimum Gasteiger partial charge on any atom is -0.391 e. The minimum atomic E-state index is -0.775. The monoisotopic (exact) mass is 356 g/mol. The molecule has 1 fully saturated rings. The van der Waals surface area contributed by atoms with Gasteiger partial charge in [0, 0.05) is 25.1 Å². The lowest BCUT2D eigenvalue weighted by Crippen LogP contribution is -2.45. The molecule has 2 N–H and O–H groups in total. The molecule has 5 nitrogen and oxygen atoms in total. The summed E-state index contributed by atoms with van der Waals surface area (Å²) < 4.78 is 13.4. The fourth-order valence-corrected chi connectivity index (χ4v) is 3.09. The Bertz CT molecular complexity index is 807. The molecule has 3 rings (SSSR count). The molecule has 6 heteroatoms. The number of hydrogen-bond acceptors (Lipinski definition) is 3. The van der Waals surface area contributed by atoms with Gasteiger partial charge < -0.3 is 15.3 Å². The topological polar surface area (TPSA) is 69.6 Å². The van der Waals surface area contributed by atoms with Gasteiger partial charge in [-0.15, -0.1) is 0 Å². The Labute approximate surface area is 151 Å². The van der Waals surface area contributed by atoms with Crippen molar-refractivity contribution in [2.75, 3.05) is 6.54 Å². The van der Waals surface area contributed by atoms with Gasteiger partial charge in [0.05, 0.1) is 6.10 Å². The van der Waals surface area contributed by atoms with Crippen LogP contribution in [0.4, 0.5) is 4.39 Å². The molecule has 1 aliphatic heterocycles. The van der Waals surface area contributed by atoms with Crippen LogP contribution in [0.1, 0.15) is 27.9 Å². The Morgan fingerprint density at radius 2 is 1.96 bits per heavy atom. The molecule has 1 aliphatic rings. The van der Waals surface area contributed by atoms with Gasteiger partial charge in [0.15, 0.2) is 0 Å². The highest BCUT2D eigenvalue weighted by atomic mass is 19.1. The van der Waals surface area contributed by atoms with E-state index in [1.807, 2.05) is 31.2 Å². The maximum Gasteiger partial charge on any atom is 0.254 e. The van der Waals surface area contributed by atoms with Crippen LogP contribution >= 0.6 is 0 Å². The summed E-state index contributed by atoms with van der Waals surface area (Å²) in [5, 5.41) is 12.7. The molecule has 1 heterocycles. The molecular formula is C20H21FN2O3. The first-order chi connectivity index (χ1) is 12.4. The second kappa shape index (κ2) is 7.66. The SMILES string of the molecule is Cc1ccc(CNC(=O)[C@@H]2C[C@@H](O)CN2C(=O)c2cccc(F)c2)cc1. The Morgan fingerprint density at radius 1 is 1.23 bits per heavy atom. The second-order valence-electron chi connectivity index (χ2n) is 6.58. The number of likely N-dealkylation sites (tertiary alicyclic amines) is 1. The largest absolute Gasteiger partial charge is 0.391 e. The molecule has 2 aromatic rings. The van der Waals surface area contributed by atoms with E-state index in [0.717, 1.165) is 17.2 Å². The molecule has 2 atom stereocenters. The van der Waals surface area contributed by atoms with Crippen molar-refractivity contribution in [1.29, 1.82) is 0 Å². The Morgan fingerprint density at radius 3 is 2.65 bits per heavy atom. The normalized spacial score (nSPS) is 19.4. The van der Waals surface area contributed by atoms with Crippen LogP contribution in [-0.4, -0.2) is 40.5 Å². The van der Waals surface area contributed by atoms with E-state index >= 15 is 0 Å². The molecule has 0 saturated carbocycles. The van der Waals surface area contributed by atoms with Crippen LogP contribution in [0.5, 0.6) is 0 Å². The van der Waals surface area contributed by atoms with E-state index in [2.05, 4.69) is 5.32 Å². The van der Waals surface area contributed by atoms with Crippen molar-refractivity contribution >= 4 is 11.8 Å². The van der Waals surface area contributed by atoms with Crippen molar-refractivity contribution in [2.24, 2.45) is 0 Å². The number of rotatable bonds is 4. The molecule has 0 spiro atoms. The molecule has 2 aromatic carbocycles. The molecule has 0 bridgehead atoms. The molecule has 136 valence electrons. The van der Waals surface area contributed by atoms with Gasteiger partial charge in [0.25, 0.3) is 5.91 Å². The van der Waals surface area contributed by atoms with Crippen molar-refractivity contribution in [1.82, 2.24) is 10.2 Å². The van der Waals surface area contributed by atoms with Gasteiger partial charge in [-0.3, -0.25) is 9.59 Å². The van der Waals surface area contributed by atoms with Crippen LogP contribution in [0.25, 0.3) is 0 Å². The molecule has 0 aromatic heterocycles. The first-order valence-corrected chi connectivity index (χ1v) is 8.52. The zero-order valence-electron chi connectivity index (χ0n) is 14.5. The van der Waals surface area contributed by atoms with Gasteiger partial charge in [-0.1, -0.05) is 35.9 Å². The third kappa shape index (κ3) is 4.08. The number of nitrogens with one attached hydrogen (secondary N) is 1. The van der Waals surface area contributed by atoms with Crippen LogP contribution < -0.4 is 5.32 Å². The lowest BCUT2D eigenvalue weighted by Gasteiger charge is -2.23. The van der Waals surface area contributed by atoms with Crippen LogP contribution in [0, 0.1) is 12.7 Å². The highest BCUT2D eigenvalue weighted by Gasteiger charge is 2.39. The molecule has 26 heavy (non-hydrogen) atoms. The fourth-order valence-electron chi connectivity index (χ4n) is 3.09. The van der Waals surface area contributed by atoms with Crippen molar-refractivity contribution in [3.05, 3.63) is 71.0 Å². The fraction of sp³-hybridized carbons (Fsp3) is 0.300. The van der Waals surface area contributed by atoms with Gasteiger partial charge in [-0.25, -0.2) is 4.39 Å². The Balaban J connectivity index is 1.69. The summed E-state index contributed by atoms with van der Waals surface area (Å²) in [6.45, 7) is 2.38. The van der Waals surface area contributed by atoms with E-state index < -0.39 is 23.9 Å². The number of aryl methyl sites for hydroxylation is 1. The van der Waals surface area contributed by atoms with Gasteiger partial charge in [0.1, 0.15) is 11.9 Å². The number of carbonyl (C=O) groups is 2. The number of carbonyl (C=O) groups excluding carboxylic acids is 2. The highest BCUT2D eigenvalue weighted by Crippen LogP contribution is 2.21. The van der Waals surface area contributed by atoms with Crippen molar-refractivity contribution in [2.45, 2.75) is 32.0 Å².